The Morgan fingerprint density at radius 2 is 1.95 bits per heavy atom. The molecule has 0 radical (unpaired) electrons. The lowest BCUT2D eigenvalue weighted by Crippen LogP contribution is -2.44. The maximum atomic E-state index is 4.72. The molecular formula is C15H33IN4. The van der Waals surface area contributed by atoms with Crippen LogP contribution in [0.3, 0.4) is 0 Å². The number of aliphatic imine (C=N–C) groups is 1. The number of halogens is 1. The molecule has 0 aliphatic carbocycles. The van der Waals surface area contributed by atoms with Crippen molar-refractivity contribution >= 4 is 29.9 Å². The number of likely N-dealkylation sites (tertiary alicyclic amines) is 1. The number of nitrogens with zero attached hydrogens (tertiary/aromatic N) is 2. The van der Waals surface area contributed by atoms with Crippen LogP contribution in [0.25, 0.3) is 0 Å². The Hall–Kier alpha value is -0.0400. The molecule has 0 aromatic rings. The van der Waals surface area contributed by atoms with Gasteiger partial charge in [0.15, 0.2) is 5.96 Å². The Morgan fingerprint density at radius 3 is 2.45 bits per heavy atom. The summed E-state index contributed by atoms with van der Waals surface area (Å²) in [5.41, 5.74) is 0. The van der Waals surface area contributed by atoms with E-state index in [1.54, 1.807) is 0 Å². The number of guanidine groups is 1. The van der Waals surface area contributed by atoms with Crippen LogP contribution in [0.15, 0.2) is 4.99 Å². The Morgan fingerprint density at radius 1 is 1.25 bits per heavy atom. The maximum Gasteiger partial charge on any atom is 0.191 e. The topological polar surface area (TPSA) is 39.7 Å². The zero-order chi connectivity index (χ0) is 14.1. The maximum absolute atomic E-state index is 4.72. The normalized spacial score (nSPS) is 20.1. The van der Waals surface area contributed by atoms with Crippen molar-refractivity contribution in [2.45, 2.75) is 52.5 Å². The molecule has 0 saturated carbocycles. The van der Waals surface area contributed by atoms with Gasteiger partial charge in [0.1, 0.15) is 0 Å². The first-order valence-electron chi connectivity index (χ1n) is 7.93. The summed E-state index contributed by atoms with van der Waals surface area (Å²) >= 11 is 0. The Labute approximate surface area is 142 Å². The Balaban J connectivity index is 0.00000361. The fraction of sp³-hybridized carbons (Fsp3) is 0.933. The minimum Gasteiger partial charge on any atom is -0.357 e. The molecule has 1 aliphatic rings. The summed E-state index contributed by atoms with van der Waals surface area (Å²) < 4.78 is 0. The van der Waals surface area contributed by atoms with Gasteiger partial charge in [0, 0.05) is 25.7 Å². The van der Waals surface area contributed by atoms with Gasteiger partial charge in [-0.25, -0.2) is 0 Å². The fourth-order valence-corrected chi connectivity index (χ4v) is 2.56. The van der Waals surface area contributed by atoms with E-state index >= 15 is 0 Å². The van der Waals surface area contributed by atoms with Crippen LogP contribution in [0.2, 0.25) is 0 Å². The molecule has 4 nitrogen and oxygen atoms in total. The first-order chi connectivity index (χ1) is 9.21. The highest BCUT2D eigenvalue weighted by Gasteiger charge is 2.20. The molecule has 0 spiro atoms. The van der Waals surface area contributed by atoms with E-state index < -0.39 is 0 Å². The molecule has 2 N–H and O–H groups in total. The molecule has 1 heterocycles. The third-order valence-corrected chi connectivity index (χ3v) is 4.18. The van der Waals surface area contributed by atoms with E-state index in [9.17, 15) is 0 Å². The van der Waals surface area contributed by atoms with Gasteiger partial charge in [0.2, 0.25) is 0 Å². The molecule has 1 rings (SSSR count). The van der Waals surface area contributed by atoms with Crippen LogP contribution in [-0.4, -0.2) is 50.1 Å². The minimum absolute atomic E-state index is 0. The summed E-state index contributed by atoms with van der Waals surface area (Å²) in [4.78, 5) is 7.16. The lowest BCUT2D eigenvalue weighted by Gasteiger charge is -2.21. The van der Waals surface area contributed by atoms with Crippen molar-refractivity contribution in [3.8, 4) is 0 Å². The first-order valence-corrected chi connectivity index (χ1v) is 7.93. The van der Waals surface area contributed by atoms with Crippen LogP contribution in [0.1, 0.15) is 46.5 Å². The van der Waals surface area contributed by atoms with Gasteiger partial charge >= 0.3 is 0 Å². The van der Waals surface area contributed by atoms with E-state index in [0.29, 0.717) is 12.0 Å². The predicted molar refractivity (Wildman–Crippen MR) is 99.1 cm³/mol. The molecule has 1 saturated heterocycles. The number of nitrogens with one attached hydrogen (secondary N) is 2. The highest BCUT2D eigenvalue weighted by Crippen LogP contribution is 2.13. The highest BCUT2D eigenvalue weighted by molar-refractivity contribution is 14.0. The van der Waals surface area contributed by atoms with Gasteiger partial charge in [-0.05, 0) is 39.3 Å². The average Bonchev–Trinajstić information content (AvgIpc) is 2.82. The van der Waals surface area contributed by atoms with Crippen molar-refractivity contribution in [1.82, 2.24) is 15.5 Å². The summed E-state index contributed by atoms with van der Waals surface area (Å²) in [5.74, 6) is 1.69. The van der Waals surface area contributed by atoms with Crippen LogP contribution in [0, 0.1) is 5.92 Å². The Kier molecular flexibility index (Phi) is 11.6. The largest absolute Gasteiger partial charge is 0.357 e. The van der Waals surface area contributed by atoms with E-state index in [2.05, 4.69) is 43.4 Å². The summed E-state index contributed by atoms with van der Waals surface area (Å²) in [7, 11) is 2.22. The van der Waals surface area contributed by atoms with Crippen LogP contribution < -0.4 is 10.6 Å². The molecule has 1 unspecified atom stereocenters. The zero-order valence-electron chi connectivity index (χ0n) is 13.6. The number of hydrogen-bond acceptors (Lipinski definition) is 2. The van der Waals surface area contributed by atoms with Gasteiger partial charge < -0.3 is 15.5 Å². The van der Waals surface area contributed by atoms with E-state index in [1.807, 2.05) is 0 Å². The second kappa shape index (κ2) is 11.6. The minimum atomic E-state index is 0. The summed E-state index contributed by atoms with van der Waals surface area (Å²) in [5, 5.41) is 6.84. The molecule has 0 aromatic heterocycles. The molecule has 0 amide bonds. The van der Waals surface area contributed by atoms with Crippen LogP contribution >= 0.6 is 24.0 Å². The van der Waals surface area contributed by atoms with Crippen molar-refractivity contribution in [2.75, 3.05) is 33.2 Å². The summed E-state index contributed by atoms with van der Waals surface area (Å²) in [6, 6.07) is 0.664. The number of likely N-dealkylation sites (N-methyl/N-ethyl adjacent to an activating group) is 1. The van der Waals surface area contributed by atoms with Crippen molar-refractivity contribution in [3.63, 3.8) is 0 Å². The number of rotatable bonds is 7. The first kappa shape index (κ1) is 20.0. The molecule has 0 aromatic carbocycles. The van der Waals surface area contributed by atoms with Crippen molar-refractivity contribution in [3.05, 3.63) is 0 Å². The SMILES string of the molecule is CCNC(=NCC(CC)CC)NCC1CCCN1C.I. The third kappa shape index (κ3) is 7.11. The van der Waals surface area contributed by atoms with Crippen molar-refractivity contribution in [2.24, 2.45) is 10.9 Å². The Bertz CT molecular complexity index is 267. The van der Waals surface area contributed by atoms with Crippen molar-refractivity contribution < 1.29 is 0 Å². The van der Waals surface area contributed by atoms with Crippen LogP contribution in [0.5, 0.6) is 0 Å². The monoisotopic (exact) mass is 396 g/mol. The lowest BCUT2D eigenvalue weighted by atomic mass is 10.0. The second-order valence-electron chi connectivity index (χ2n) is 5.56. The van der Waals surface area contributed by atoms with Crippen molar-refractivity contribution in [1.29, 1.82) is 0 Å². The lowest BCUT2D eigenvalue weighted by molar-refractivity contribution is 0.309. The second-order valence-corrected chi connectivity index (χ2v) is 5.56. The predicted octanol–water partition coefficient (Wildman–Crippen LogP) is 2.69. The average molecular weight is 396 g/mol. The quantitative estimate of drug-likeness (QED) is 0.395. The molecule has 0 bridgehead atoms. The van der Waals surface area contributed by atoms with Gasteiger partial charge in [0.25, 0.3) is 0 Å². The highest BCUT2D eigenvalue weighted by atomic mass is 127. The van der Waals surface area contributed by atoms with Gasteiger partial charge in [-0.2, -0.15) is 0 Å². The zero-order valence-corrected chi connectivity index (χ0v) is 15.9. The van der Waals surface area contributed by atoms with Gasteiger partial charge in [-0.3, -0.25) is 4.99 Å². The molecule has 1 fully saturated rings. The van der Waals surface area contributed by atoms with Crippen LogP contribution in [-0.2, 0) is 0 Å². The molecule has 1 atom stereocenters. The molecular weight excluding hydrogens is 363 g/mol. The van der Waals surface area contributed by atoms with Crippen LogP contribution in [0.4, 0.5) is 0 Å². The van der Waals surface area contributed by atoms with Gasteiger partial charge in [-0.15, -0.1) is 24.0 Å². The van der Waals surface area contributed by atoms with Gasteiger partial charge in [-0.1, -0.05) is 26.7 Å². The smallest absolute Gasteiger partial charge is 0.191 e. The molecule has 5 heteroatoms. The summed E-state index contributed by atoms with van der Waals surface area (Å²) in [6.45, 7) is 10.7. The van der Waals surface area contributed by atoms with E-state index in [0.717, 1.165) is 25.6 Å². The summed E-state index contributed by atoms with van der Waals surface area (Å²) in [6.07, 6.45) is 5.05. The van der Waals surface area contributed by atoms with E-state index in [4.69, 9.17) is 4.99 Å². The van der Waals surface area contributed by atoms with E-state index in [-0.39, 0.29) is 24.0 Å². The van der Waals surface area contributed by atoms with Gasteiger partial charge in [0.05, 0.1) is 0 Å². The number of hydrogen-bond donors (Lipinski definition) is 2. The standard InChI is InChI=1S/C15H32N4.HI/c1-5-13(6-2)11-17-15(16-7-3)18-12-14-9-8-10-19(14)4;/h13-14H,5-12H2,1-4H3,(H2,16,17,18);1H. The third-order valence-electron chi connectivity index (χ3n) is 4.18. The van der Waals surface area contributed by atoms with E-state index in [1.165, 1.54) is 32.2 Å². The molecule has 1 aliphatic heterocycles. The fourth-order valence-electron chi connectivity index (χ4n) is 2.56. The molecule has 120 valence electrons. The molecule has 20 heavy (non-hydrogen) atoms.